The molecule has 0 spiro atoms. The summed E-state index contributed by atoms with van der Waals surface area (Å²) in [5, 5.41) is 16.0. The van der Waals surface area contributed by atoms with Crippen LogP contribution in [0.2, 0.25) is 0 Å². The molecular formula is C16H18F2N2O3. The lowest BCUT2D eigenvalue weighted by Gasteiger charge is -2.13. The largest absolute Gasteiger partial charge is 0.386 e. The minimum atomic E-state index is -1.50. The molecule has 1 heterocycles. The van der Waals surface area contributed by atoms with Crippen molar-refractivity contribution in [2.75, 3.05) is 6.54 Å². The van der Waals surface area contributed by atoms with Crippen molar-refractivity contribution in [2.24, 2.45) is 0 Å². The predicted molar refractivity (Wildman–Crippen MR) is 78.9 cm³/mol. The lowest BCUT2D eigenvalue weighted by Crippen LogP contribution is -2.28. The highest BCUT2D eigenvalue weighted by Crippen LogP contribution is 2.21. The molecule has 5 nitrogen and oxygen atoms in total. The van der Waals surface area contributed by atoms with E-state index < -0.39 is 29.2 Å². The number of carbonyl (C=O) groups is 1. The van der Waals surface area contributed by atoms with Crippen LogP contribution in [0.1, 0.15) is 54.1 Å². The zero-order chi connectivity index (χ0) is 17.0. The van der Waals surface area contributed by atoms with Gasteiger partial charge in [-0.1, -0.05) is 25.1 Å². The van der Waals surface area contributed by atoms with Crippen molar-refractivity contribution in [2.45, 2.75) is 32.3 Å². The predicted octanol–water partition coefficient (Wildman–Crippen LogP) is 2.93. The van der Waals surface area contributed by atoms with Gasteiger partial charge in [0.15, 0.2) is 0 Å². The molecule has 1 aromatic carbocycles. The summed E-state index contributed by atoms with van der Waals surface area (Å²) in [5.41, 5.74) is 0.170. The van der Waals surface area contributed by atoms with Crippen LogP contribution in [0.4, 0.5) is 8.78 Å². The monoisotopic (exact) mass is 324 g/mol. The lowest BCUT2D eigenvalue weighted by atomic mass is 10.1. The highest BCUT2D eigenvalue weighted by Gasteiger charge is 2.20. The Balaban J connectivity index is 2.00. The van der Waals surface area contributed by atoms with Gasteiger partial charge in [0.2, 0.25) is 5.76 Å². The molecule has 0 saturated heterocycles. The van der Waals surface area contributed by atoms with Crippen LogP contribution < -0.4 is 5.32 Å². The first-order valence-electron chi connectivity index (χ1n) is 7.30. The number of carbonyl (C=O) groups excluding carboxylic acids is 1. The summed E-state index contributed by atoms with van der Waals surface area (Å²) in [4.78, 5) is 11.9. The number of amides is 1. The van der Waals surface area contributed by atoms with E-state index in [0.717, 1.165) is 18.6 Å². The molecule has 124 valence electrons. The van der Waals surface area contributed by atoms with Gasteiger partial charge < -0.3 is 14.9 Å². The van der Waals surface area contributed by atoms with Crippen molar-refractivity contribution in [3.8, 4) is 0 Å². The van der Waals surface area contributed by atoms with Gasteiger partial charge in [0.05, 0.1) is 11.3 Å². The van der Waals surface area contributed by atoms with Crippen molar-refractivity contribution >= 4 is 5.91 Å². The van der Waals surface area contributed by atoms with Crippen LogP contribution in [0.3, 0.4) is 0 Å². The third-order valence-corrected chi connectivity index (χ3v) is 3.66. The Labute approximate surface area is 132 Å². The molecule has 0 unspecified atom stereocenters. The third-order valence-electron chi connectivity index (χ3n) is 3.66. The summed E-state index contributed by atoms with van der Waals surface area (Å²) in [7, 11) is 0. The molecule has 2 rings (SSSR count). The molecule has 0 aliphatic heterocycles. The number of benzene rings is 1. The van der Waals surface area contributed by atoms with E-state index >= 15 is 0 Å². The first-order chi connectivity index (χ1) is 10.9. The van der Waals surface area contributed by atoms with Gasteiger partial charge in [-0.2, -0.15) is 0 Å². The number of nitrogens with zero attached hydrogens (tertiary/aromatic N) is 1. The van der Waals surface area contributed by atoms with Crippen molar-refractivity contribution in [1.29, 1.82) is 0 Å². The number of hydrogen-bond donors (Lipinski definition) is 2. The summed E-state index contributed by atoms with van der Waals surface area (Å²) < 4.78 is 32.0. The zero-order valence-corrected chi connectivity index (χ0v) is 12.8. The topological polar surface area (TPSA) is 75.4 Å². The second-order valence-electron chi connectivity index (χ2n) is 5.29. The van der Waals surface area contributed by atoms with E-state index in [4.69, 9.17) is 4.52 Å². The standard InChI is InChI=1S/C16H18F2N2O3/c1-3-9(2)12-7-14(23-20-12)16(22)19-8-13(21)15-10(17)5-4-6-11(15)18/h4-7,9,13,21H,3,8H2,1-2H3,(H,19,22)/t9-,13-/m1/s1. The van der Waals surface area contributed by atoms with Crippen molar-refractivity contribution in [3.05, 3.63) is 52.9 Å². The fourth-order valence-electron chi connectivity index (χ4n) is 2.04. The van der Waals surface area contributed by atoms with E-state index in [1.165, 1.54) is 12.1 Å². The molecular weight excluding hydrogens is 306 g/mol. The molecule has 2 atom stereocenters. The quantitative estimate of drug-likeness (QED) is 0.857. The maximum atomic E-state index is 13.5. The minimum absolute atomic E-state index is 0.0125. The van der Waals surface area contributed by atoms with Gasteiger partial charge in [-0.3, -0.25) is 4.79 Å². The second kappa shape index (κ2) is 7.32. The average Bonchev–Trinajstić information content (AvgIpc) is 3.01. The minimum Gasteiger partial charge on any atom is -0.386 e. The van der Waals surface area contributed by atoms with Gasteiger partial charge in [-0.05, 0) is 18.6 Å². The number of hydrogen-bond acceptors (Lipinski definition) is 4. The number of halogens is 2. The Bertz CT molecular complexity index is 667. The van der Waals surface area contributed by atoms with Crippen LogP contribution in [0.25, 0.3) is 0 Å². The molecule has 0 fully saturated rings. The molecule has 0 saturated carbocycles. The average molecular weight is 324 g/mol. The molecule has 0 radical (unpaired) electrons. The van der Waals surface area contributed by atoms with E-state index in [9.17, 15) is 18.7 Å². The smallest absolute Gasteiger partial charge is 0.290 e. The normalized spacial score (nSPS) is 13.6. The van der Waals surface area contributed by atoms with Crippen LogP contribution in [0.15, 0.2) is 28.8 Å². The molecule has 1 amide bonds. The maximum absolute atomic E-state index is 13.5. The van der Waals surface area contributed by atoms with E-state index in [1.54, 1.807) is 0 Å². The molecule has 0 aliphatic carbocycles. The highest BCUT2D eigenvalue weighted by molar-refractivity contribution is 5.91. The lowest BCUT2D eigenvalue weighted by molar-refractivity contribution is 0.0875. The van der Waals surface area contributed by atoms with E-state index in [0.29, 0.717) is 5.69 Å². The number of nitrogens with one attached hydrogen (secondary N) is 1. The zero-order valence-electron chi connectivity index (χ0n) is 12.8. The molecule has 23 heavy (non-hydrogen) atoms. The fourth-order valence-corrected chi connectivity index (χ4v) is 2.04. The Morgan fingerprint density at radius 1 is 1.39 bits per heavy atom. The Morgan fingerprint density at radius 3 is 2.65 bits per heavy atom. The van der Waals surface area contributed by atoms with Crippen molar-refractivity contribution in [1.82, 2.24) is 10.5 Å². The van der Waals surface area contributed by atoms with Gasteiger partial charge in [0.1, 0.15) is 17.7 Å². The fraction of sp³-hybridized carbons (Fsp3) is 0.375. The summed E-state index contributed by atoms with van der Waals surface area (Å²) in [6, 6.07) is 4.79. The van der Waals surface area contributed by atoms with Crippen molar-refractivity contribution in [3.63, 3.8) is 0 Å². The van der Waals surface area contributed by atoms with Crippen LogP contribution >= 0.6 is 0 Å². The van der Waals surface area contributed by atoms with E-state index in [-0.39, 0.29) is 18.2 Å². The molecule has 0 bridgehead atoms. The Kier molecular flexibility index (Phi) is 5.44. The Morgan fingerprint density at radius 2 is 2.04 bits per heavy atom. The summed E-state index contributed by atoms with van der Waals surface area (Å²) in [5.74, 6) is -2.21. The van der Waals surface area contributed by atoms with Crippen LogP contribution in [-0.2, 0) is 0 Å². The van der Waals surface area contributed by atoms with Crippen LogP contribution in [0.5, 0.6) is 0 Å². The summed E-state index contributed by atoms with van der Waals surface area (Å²) in [6.07, 6.45) is -0.657. The number of aromatic nitrogens is 1. The SMILES string of the molecule is CC[C@@H](C)c1cc(C(=O)NC[C@@H](O)c2c(F)cccc2F)on1. The molecule has 0 aliphatic rings. The van der Waals surface area contributed by atoms with E-state index in [1.807, 2.05) is 13.8 Å². The molecule has 2 aromatic rings. The molecule has 2 N–H and O–H groups in total. The second-order valence-corrected chi connectivity index (χ2v) is 5.29. The Hall–Kier alpha value is -2.28. The van der Waals surface area contributed by atoms with Crippen LogP contribution in [0, 0.1) is 11.6 Å². The first kappa shape index (κ1) is 17.1. The molecule has 7 heteroatoms. The van der Waals surface area contributed by atoms with Gasteiger partial charge in [0.25, 0.3) is 5.91 Å². The van der Waals surface area contributed by atoms with Gasteiger partial charge >= 0.3 is 0 Å². The van der Waals surface area contributed by atoms with Crippen molar-refractivity contribution < 1.29 is 23.2 Å². The summed E-state index contributed by atoms with van der Waals surface area (Å²) >= 11 is 0. The van der Waals surface area contributed by atoms with Gasteiger partial charge in [0, 0.05) is 18.5 Å². The number of rotatable bonds is 6. The first-order valence-corrected chi connectivity index (χ1v) is 7.30. The maximum Gasteiger partial charge on any atom is 0.290 e. The van der Waals surface area contributed by atoms with Gasteiger partial charge in [-0.25, -0.2) is 8.78 Å². The highest BCUT2D eigenvalue weighted by atomic mass is 19.1. The molecule has 1 aromatic heterocycles. The number of aliphatic hydroxyl groups is 1. The summed E-state index contributed by atoms with van der Waals surface area (Å²) in [6.45, 7) is 3.58. The van der Waals surface area contributed by atoms with Crippen LogP contribution in [-0.4, -0.2) is 22.7 Å². The van der Waals surface area contributed by atoms with E-state index in [2.05, 4.69) is 10.5 Å². The number of aliphatic hydroxyl groups excluding tert-OH is 1. The third kappa shape index (κ3) is 3.92. The van der Waals surface area contributed by atoms with Gasteiger partial charge in [-0.15, -0.1) is 0 Å².